The normalized spacial score (nSPS) is 15.3. The maximum Gasteiger partial charge on any atom is 1.00 e. The molecule has 55 heavy (non-hydrogen) atoms. The van der Waals surface area contributed by atoms with Gasteiger partial charge in [0.1, 0.15) is 11.7 Å². The molecule has 0 heterocycles. The summed E-state index contributed by atoms with van der Waals surface area (Å²) in [6.45, 7) is 18.3. The van der Waals surface area contributed by atoms with Crippen LogP contribution in [0.4, 0.5) is 0 Å². The van der Waals surface area contributed by atoms with E-state index in [1.54, 1.807) is 27.7 Å². The molecule has 8 heteroatoms. The van der Waals surface area contributed by atoms with Gasteiger partial charge in [0.2, 0.25) is 0 Å². The summed E-state index contributed by atoms with van der Waals surface area (Å²) >= 11 is 0. The molecule has 0 bridgehead atoms. The number of ether oxygens (including phenoxy) is 2. The zero-order chi connectivity index (χ0) is 39.4. The first kappa shape index (κ1) is 53.2. The van der Waals surface area contributed by atoms with Crippen molar-refractivity contribution in [3.05, 3.63) is 125 Å². The van der Waals surface area contributed by atoms with Crippen LogP contribution in [0.15, 0.2) is 102 Å². The van der Waals surface area contributed by atoms with Gasteiger partial charge in [-0.1, -0.05) is 123 Å². The molecule has 2 aliphatic rings. The number of Topliss-reactive ketones (excluding diaryl/α,β-unsaturated/α-hetero) is 1. The Bertz CT molecular complexity index is 1420. The summed E-state index contributed by atoms with van der Waals surface area (Å²) in [5, 5.41) is 10.1. The molecule has 3 aromatic carbocycles. The first-order chi connectivity index (χ1) is 25.1. The first-order valence-corrected chi connectivity index (χ1v) is 19.3. The van der Waals surface area contributed by atoms with Crippen molar-refractivity contribution < 1.29 is 104 Å². The van der Waals surface area contributed by atoms with Gasteiger partial charge in [0.05, 0.1) is 38.9 Å². The molecule has 0 aliphatic heterocycles. The maximum absolute atomic E-state index is 11.4. The summed E-state index contributed by atoms with van der Waals surface area (Å²) < 4.78 is 9.89. The third kappa shape index (κ3) is 18.6. The van der Waals surface area contributed by atoms with Gasteiger partial charge in [-0.25, -0.2) is 0 Å². The van der Waals surface area contributed by atoms with Crippen molar-refractivity contribution >= 4 is 17.7 Å². The second-order valence-corrected chi connectivity index (χ2v) is 15.2. The van der Waals surface area contributed by atoms with E-state index in [0.29, 0.717) is 38.9 Å². The van der Waals surface area contributed by atoms with E-state index in [2.05, 4.69) is 119 Å². The smallest absolute Gasteiger partial charge is 1.00 e. The van der Waals surface area contributed by atoms with Crippen molar-refractivity contribution in [1.82, 2.24) is 0 Å². The van der Waals surface area contributed by atoms with Gasteiger partial charge in [-0.2, -0.15) is 0 Å². The Morgan fingerprint density at radius 2 is 0.945 bits per heavy atom. The molecule has 6 nitrogen and oxygen atoms in total. The van der Waals surface area contributed by atoms with Crippen LogP contribution in [-0.2, 0) is 29.3 Å². The van der Waals surface area contributed by atoms with Crippen molar-refractivity contribution in [3.63, 3.8) is 0 Å². The van der Waals surface area contributed by atoms with E-state index >= 15 is 0 Å². The van der Waals surface area contributed by atoms with E-state index in [9.17, 15) is 19.5 Å². The van der Waals surface area contributed by atoms with Gasteiger partial charge < -0.3 is 38.6 Å². The van der Waals surface area contributed by atoms with Gasteiger partial charge in [0.25, 0.3) is 0 Å². The van der Waals surface area contributed by atoms with E-state index in [0.717, 1.165) is 25.7 Å². The third-order valence-corrected chi connectivity index (χ3v) is 9.45. The fourth-order valence-corrected chi connectivity index (χ4v) is 6.83. The summed E-state index contributed by atoms with van der Waals surface area (Å²) in [4.78, 5) is 33.4. The molecule has 3 aromatic rings. The van der Waals surface area contributed by atoms with Crippen molar-refractivity contribution in [1.29, 1.82) is 0 Å². The average molecular weight is 891 g/mol. The molecule has 5 rings (SSSR count). The van der Waals surface area contributed by atoms with Crippen LogP contribution in [0.1, 0.15) is 130 Å². The maximum atomic E-state index is 11.4. The van der Waals surface area contributed by atoms with Crippen molar-refractivity contribution in [2.75, 3.05) is 13.2 Å². The van der Waals surface area contributed by atoms with Crippen LogP contribution in [0, 0.1) is 17.8 Å². The summed E-state index contributed by atoms with van der Waals surface area (Å²) in [6, 6.07) is 32.4. The Hall–Kier alpha value is -1.79. The van der Waals surface area contributed by atoms with Crippen LogP contribution in [0.5, 0.6) is 0 Å². The van der Waals surface area contributed by atoms with E-state index in [1.165, 1.54) is 33.8 Å². The predicted octanol–water partition coefficient (Wildman–Crippen LogP) is 4.17. The van der Waals surface area contributed by atoms with Crippen molar-refractivity contribution in [2.45, 2.75) is 125 Å². The van der Waals surface area contributed by atoms with Crippen LogP contribution < -0.4 is 80.5 Å². The third-order valence-electron chi connectivity index (χ3n) is 9.45. The number of ketones is 1. The molecule has 2 saturated carbocycles. The van der Waals surface area contributed by atoms with Crippen LogP contribution in [0.3, 0.4) is 0 Å². The number of carbonyl (C=O) groups is 3. The standard InChI is InChI=1S/C22H21.C12H20O2.C9H14O3.C4H9O.HI.K/c1-18(2)22(19-12-6-3-7-13-19,20-14-8-4-9-15-20)21-16-10-5-11-17-21;1-4-14-12(13)11-7-5-10(6-8-11)9(2)3;1-2-12-9(11)7-3-5-8(10)6-4-7;1-4(2,3)5;;/h3-17H,1-2H3;11H,4-8H2,1-3H3;7H,2-6H2,1H3;1-3H3;1H;/q+1;;;-1;;+1/p-1. The molecule has 0 amide bonds. The van der Waals surface area contributed by atoms with Gasteiger partial charge in [0.15, 0.2) is 5.41 Å². The number of hydrogen-bond acceptors (Lipinski definition) is 6. The quantitative estimate of drug-likeness (QED) is 0.0844. The Labute approximate surface area is 392 Å². The summed E-state index contributed by atoms with van der Waals surface area (Å²) in [5.41, 5.74) is 5.94. The Morgan fingerprint density at radius 1 is 0.655 bits per heavy atom. The summed E-state index contributed by atoms with van der Waals surface area (Å²) in [5.74, 6) is 1.64. The molecule has 0 atom stereocenters. The topological polar surface area (TPSA) is 92.7 Å². The number of carbonyl (C=O) groups excluding carboxylic acids is 3. The van der Waals surface area contributed by atoms with Gasteiger partial charge in [-0.05, 0) is 66.2 Å². The zero-order valence-corrected chi connectivity index (χ0v) is 40.5. The number of esters is 2. The number of halogens is 1. The summed E-state index contributed by atoms with van der Waals surface area (Å²) in [7, 11) is 0. The second kappa shape index (κ2) is 27.8. The van der Waals surface area contributed by atoms with E-state index in [1.807, 2.05) is 6.92 Å². The monoisotopic (exact) mass is 890 g/mol. The van der Waals surface area contributed by atoms with Crippen LogP contribution in [0.25, 0.3) is 0 Å². The fraction of sp³-hybridized carbons (Fsp3) is 0.489. The van der Waals surface area contributed by atoms with Crippen LogP contribution in [0.2, 0.25) is 0 Å². The molecule has 2 fully saturated rings. The molecule has 0 N–H and O–H groups in total. The molecular weight excluding hydrogens is 827 g/mol. The molecule has 0 radical (unpaired) electrons. The number of hydrogen-bond donors (Lipinski definition) is 0. The zero-order valence-electron chi connectivity index (χ0n) is 35.2. The number of rotatable bonds is 8. The molecular formula is C47H64IKO6. The van der Waals surface area contributed by atoms with Crippen LogP contribution >= 0.6 is 0 Å². The first-order valence-electron chi connectivity index (χ1n) is 19.3. The van der Waals surface area contributed by atoms with E-state index in [4.69, 9.17) is 9.47 Å². The Balaban J connectivity index is 0.000000771. The minimum absolute atomic E-state index is 0. The Kier molecular flexibility index (Phi) is 26.9. The van der Waals surface area contributed by atoms with Crippen molar-refractivity contribution in [3.8, 4) is 0 Å². The van der Waals surface area contributed by atoms with Crippen LogP contribution in [-0.4, -0.2) is 36.5 Å². The molecule has 0 spiro atoms. The minimum Gasteiger partial charge on any atom is -1.00 e. The minimum atomic E-state index is -0.750. The largest absolute Gasteiger partial charge is 1.00 e. The van der Waals surface area contributed by atoms with Gasteiger partial charge in [-0.15, -0.1) is 5.60 Å². The molecule has 2 aliphatic carbocycles. The number of allylic oxidation sites excluding steroid dienone is 2. The van der Waals surface area contributed by atoms with Gasteiger partial charge in [0, 0.05) is 29.5 Å². The van der Waals surface area contributed by atoms with E-state index in [-0.39, 0.29) is 110 Å². The molecule has 0 aromatic heterocycles. The average Bonchev–Trinajstić information content (AvgIpc) is 3.14. The molecule has 296 valence electrons. The summed E-state index contributed by atoms with van der Waals surface area (Å²) in [6.07, 6.45) is 6.54. The predicted molar refractivity (Wildman–Crippen MR) is 214 cm³/mol. The second-order valence-electron chi connectivity index (χ2n) is 15.2. The SMILES string of the molecule is CC(C)(C)[O-].CCOC(=O)C1CCC(=C(C)C)CC1.CCOC(=O)C1CCC(=O)CC1.C[C+](C)C(c1ccccc1)(c1ccccc1)c1ccccc1.[I-].[K+]. The van der Waals surface area contributed by atoms with E-state index < -0.39 is 5.60 Å². The fourth-order valence-electron chi connectivity index (χ4n) is 6.83. The number of benzene rings is 3. The Morgan fingerprint density at radius 3 is 1.20 bits per heavy atom. The van der Waals surface area contributed by atoms with Gasteiger partial charge in [-0.3, -0.25) is 14.4 Å². The van der Waals surface area contributed by atoms with Gasteiger partial charge >= 0.3 is 63.3 Å². The van der Waals surface area contributed by atoms with Crippen molar-refractivity contribution in [2.24, 2.45) is 11.8 Å². The molecule has 0 saturated heterocycles. The molecule has 0 unspecified atom stereocenters.